The first-order valence-corrected chi connectivity index (χ1v) is 10.0. The van der Waals surface area contributed by atoms with E-state index in [1.54, 1.807) is 45.1 Å². The van der Waals surface area contributed by atoms with Crippen molar-refractivity contribution in [1.29, 1.82) is 0 Å². The van der Waals surface area contributed by atoms with Crippen LogP contribution in [-0.2, 0) is 22.3 Å². The van der Waals surface area contributed by atoms with Crippen molar-refractivity contribution in [3.8, 4) is 11.3 Å². The molecule has 3 rings (SSSR count). The molecule has 9 heteroatoms. The number of amides is 2. The number of rotatable bonds is 4. The van der Waals surface area contributed by atoms with Gasteiger partial charge >= 0.3 is 12.3 Å². The Kier molecular flexibility index (Phi) is 6.57. The molecule has 32 heavy (non-hydrogen) atoms. The molecule has 0 bridgehead atoms. The number of nitrogens with zero attached hydrogens (tertiary/aromatic N) is 2. The van der Waals surface area contributed by atoms with Crippen LogP contribution in [0, 0.1) is 0 Å². The molecule has 0 unspecified atom stereocenters. The first-order valence-electron chi connectivity index (χ1n) is 10.0. The van der Waals surface area contributed by atoms with E-state index in [1.807, 2.05) is 0 Å². The highest BCUT2D eigenvalue weighted by Gasteiger charge is 2.33. The van der Waals surface area contributed by atoms with Gasteiger partial charge in [-0.25, -0.2) is 4.79 Å². The molecule has 1 N–H and O–H groups in total. The molecular formula is C23H24F3N3O3. The molecule has 1 aromatic carbocycles. The van der Waals surface area contributed by atoms with Crippen molar-refractivity contribution >= 4 is 12.0 Å². The molecule has 1 aromatic heterocycles. The van der Waals surface area contributed by atoms with E-state index in [0.29, 0.717) is 16.8 Å². The number of alkyl halides is 3. The molecule has 0 fully saturated rings. The van der Waals surface area contributed by atoms with Gasteiger partial charge in [0.25, 0.3) is 0 Å². The predicted octanol–water partition coefficient (Wildman–Crippen LogP) is 4.56. The third kappa shape index (κ3) is 5.87. The summed E-state index contributed by atoms with van der Waals surface area (Å²) in [7, 11) is 0. The fourth-order valence-electron chi connectivity index (χ4n) is 3.12. The standard InChI is InChI=1S/C23H24F3N3O3/c1-22(2,3)32-21(31)29-12-4-5-19(29)20(30)28-14-15-10-11-27-18(13-15)16-6-8-17(9-7-16)23(24,25)26/h4-11,13,19H,12,14H2,1-3H3,(H,28,30)/t19-/m0/s1. The first kappa shape index (κ1) is 23.3. The van der Waals surface area contributed by atoms with Gasteiger partial charge in [0.1, 0.15) is 11.6 Å². The van der Waals surface area contributed by atoms with Crippen molar-refractivity contribution in [3.63, 3.8) is 0 Å². The average Bonchev–Trinajstić information content (AvgIpc) is 3.21. The number of carbonyl (C=O) groups is 2. The molecule has 0 saturated heterocycles. The van der Waals surface area contributed by atoms with Crippen LogP contribution in [0.3, 0.4) is 0 Å². The van der Waals surface area contributed by atoms with Gasteiger partial charge in [0, 0.05) is 24.8 Å². The molecule has 2 heterocycles. The minimum atomic E-state index is -4.40. The summed E-state index contributed by atoms with van der Waals surface area (Å²) < 4.78 is 43.6. The Bertz CT molecular complexity index is 1010. The Morgan fingerprint density at radius 1 is 1.16 bits per heavy atom. The lowest BCUT2D eigenvalue weighted by molar-refractivity contribution is -0.137. The lowest BCUT2D eigenvalue weighted by atomic mass is 10.1. The fraction of sp³-hybridized carbons (Fsp3) is 0.348. The molecular weight excluding hydrogens is 423 g/mol. The zero-order valence-electron chi connectivity index (χ0n) is 17.9. The summed E-state index contributed by atoms with van der Waals surface area (Å²) in [6, 6.07) is 7.33. The summed E-state index contributed by atoms with van der Waals surface area (Å²) in [6.07, 6.45) is -0.0872. The summed E-state index contributed by atoms with van der Waals surface area (Å²) in [5.74, 6) is -0.363. The highest BCUT2D eigenvalue weighted by atomic mass is 19.4. The molecule has 1 atom stereocenters. The summed E-state index contributed by atoms with van der Waals surface area (Å²) in [5, 5.41) is 2.78. The number of hydrogen-bond donors (Lipinski definition) is 1. The summed E-state index contributed by atoms with van der Waals surface area (Å²) in [4.78, 5) is 30.5. The van der Waals surface area contributed by atoms with E-state index >= 15 is 0 Å². The maximum Gasteiger partial charge on any atom is 0.416 e. The number of benzene rings is 1. The molecule has 1 aliphatic rings. The van der Waals surface area contributed by atoms with Crippen LogP contribution in [0.1, 0.15) is 31.9 Å². The third-order valence-corrected chi connectivity index (χ3v) is 4.65. The molecule has 2 amide bonds. The Labute approximate surface area is 184 Å². The van der Waals surface area contributed by atoms with Gasteiger partial charge in [-0.1, -0.05) is 24.3 Å². The molecule has 0 radical (unpaired) electrons. The largest absolute Gasteiger partial charge is 0.444 e. The second-order valence-electron chi connectivity index (χ2n) is 8.35. The van der Waals surface area contributed by atoms with Crippen LogP contribution in [0.5, 0.6) is 0 Å². The predicted molar refractivity (Wildman–Crippen MR) is 112 cm³/mol. The van der Waals surface area contributed by atoms with Gasteiger partial charge < -0.3 is 10.1 Å². The normalized spacial score (nSPS) is 16.2. The van der Waals surface area contributed by atoms with Crippen molar-refractivity contribution in [3.05, 3.63) is 65.9 Å². The number of aromatic nitrogens is 1. The molecule has 0 saturated carbocycles. The monoisotopic (exact) mass is 447 g/mol. The lowest BCUT2D eigenvalue weighted by Crippen LogP contribution is -2.47. The molecule has 6 nitrogen and oxygen atoms in total. The van der Waals surface area contributed by atoms with E-state index in [9.17, 15) is 22.8 Å². The molecule has 1 aliphatic heterocycles. The van der Waals surface area contributed by atoms with Crippen molar-refractivity contribution in [2.45, 2.75) is 45.1 Å². The van der Waals surface area contributed by atoms with E-state index in [2.05, 4.69) is 10.3 Å². The second kappa shape index (κ2) is 9.02. The Balaban J connectivity index is 1.64. The van der Waals surface area contributed by atoms with Crippen LogP contribution in [0.2, 0.25) is 0 Å². The Hall–Kier alpha value is -3.36. The maximum atomic E-state index is 12.8. The molecule has 0 spiro atoms. The van der Waals surface area contributed by atoms with Gasteiger partial charge in [0.15, 0.2) is 0 Å². The zero-order valence-corrected chi connectivity index (χ0v) is 17.9. The number of carbonyl (C=O) groups excluding carboxylic acids is 2. The SMILES string of the molecule is CC(C)(C)OC(=O)N1CC=C[C@H]1C(=O)NCc1ccnc(-c2ccc(C(F)(F)F)cc2)c1. The van der Waals surface area contributed by atoms with Gasteiger partial charge in [0.2, 0.25) is 5.91 Å². The van der Waals surface area contributed by atoms with Gasteiger partial charge in [-0.05, 0) is 50.6 Å². The van der Waals surface area contributed by atoms with Crippen LogP contribution < -0.4 is 5.32 Å². The number of hydrogen-bond acceptors (Lipinski definition) is 4. The molecule has 170 valence electrons. The van der Waals surface area contributed by atoms with Crippen LogP contribution in [-0.4, -0.2) is 40.1 Å². The number of nitrogens with one attached hydrogen (secondary N) is 1. The van der Waals surface area contributed by atoms with Crippen molar-refractivity contribution < 1.29 is 27.5 Å². The van der Waals surface area contributed by atoms with E-state index in [-0.39, 0.29) is 19.0 Å². The number of pyridine rings is 1. The van der Waals surface area contributed by atoms with E-state index in [0.717, 1.165) is 12.1 Å². The topological polar surface area (TPSA) is 71.5 Å². The highest BCUT2D eigenvalue weighted by Crippen LogP contribution is 2.30. The van der Waals surface area contributed by atoms with Crippen molar-refractivity contribution in [2.24, 2.45) is 0 Å². The van der Waals surface area contributed by atoms with Crippen molar-refractivity contribution in [1.82, 2.24) is 15.2 Å². The van der Waals surface area contributed by atoms with Crippen LogP contribution in [0.15, 0.2) is 54.7 Å². The number of ether oxygens (including phenoxy) is 1. The second-order valence-corrected chi connectivity index (χ2v) is 8.35. The average molecular weight is 447 g/mol. The minimum absolute atomic E-state index is 0.168. The lowest BCUT2D eigenvalue weighted by Gasteiger charge is -2.28. The zero-order chi connectivity index (χ0) is 23.5. The van der Waals surface area contributed by atoms with E-state index < -0.39 is 29.5 Å². The highest BCUT2D eigenvalue weighted by molar-refractivity contribution is 5.88. The Morgan fingerprint density at radius 2 is 1.84 bits per heavy atom. The van der Waals surface area contributed by atoms with Gasteiger partial charge in [-0.2, -0.15) is 13.2 Å². The van der Waals surface area contributed by atoms with Gasteiger partial charge in [0.05, 0.1) is 11.3 Å². The van der Waals surface area contributed by atoms with Crippen LogP contribution in [0.25, 0.3) is 11.3 Å². The number of halogens is 3. The third-order valence-electron chi connectivity index (χ3n) is 4.65. The van der Waals surface area contributed by atoms with Crippen molar-refractivity contribution in [2.75, 3.05) is 6.54 Å². The Morgan fingerprint density at radius 3 is 2.47 bits per heavy atom. The van der Waals surface area contributed by atoms with Gasteiger partial charge in [-0.3, -0.25) is 14.7 Å². The maximum absolute atomic E-state index is 12.8. The van der Waals surface area contributed by atoms with Crippen LogP contribution >= 0.6 is 0 Å². The summed E-state index contributed by atoms with van der Waals surface area (Å²) in [6.45, 7) is 5.70. The molecule has 0 aliphatic carbocycles. The smallest absolute Gasteiger partial charge is 0.416 e. The quantitative estimate of drug-likeness (QED) is 0.698. The van der Waals surface area contributed by atoms with Crippen LogP contribution in [0.4, 0.5) is 18.0 Å². The molecule has 2 aromatic rings. The van der Waals surface area contributed by atoms with Gasteiger partial charge in [-0.15, -0.1) is 0 Å². The fourth-order valence-corrected chi connectivity index (χ4v) is 3.12. The summed E-state index contributed by atoms with van der Waals surface area (Å²) >= 11 is 0. The minimum Gasteiger partial charge on any atom is -0.444 e. The van der Waals surface area contributed by atoms with E-state index in [1.165, 1.54) is 23.2 Å². The first-order chi connectivity index (χ1) is 14.9. The summed E-state index contributed by atoms with van der Waals surface area (Å²) in [5.41, 5.74) is 0.326. The van der Waals surface area contributed by atoms with E-state index in [4.69, 9.17) is 4.74 Å².